The molecule has 2 heterocycles. The molecule has 0 aromatic carbocycles. The average Bonchev–Trinajstić information content (AvgIpc) is 2.50. The van der Waals surface area contributed by atoms with Crippen LogP contribution >= 0.6 is 11.6 Å². The first-order valence-corrected chi connectivity index (χ1v) is 7.28. The highest BCUT2D eigenvalue weighted by molar-refractivity contribution is 6.30. The van der Waals surface area contributed by atoms with E-state index >= 15 is 0 Å². The number of nitrogens with zero attached hydrogens (tertiary/aromatic N) is 3. The molecular weight excluding hydrogens is 288 g/mol. The van der Waals surface area contributed by atoms with Gasteiger partial charge in [0.1, 0.15) is 16.8 Å². The minimum Gasteiger partial charge on any atom is -0.481 e. The maximum atomic E-state index is 6.17. The first-order valence-electron chi connectivity index (χ1n) is 6.90. The van der Waals surface area contributed by atoms with E-state index in [4.69, 9.17) is 16.3 Å². The molecule has 2 aromatic rings. The Morgan fingerprint density at radius 1 is 1.33 bits per heavy atom. The predicted molar refractivity (Wildman–Crippen MR) is 83.9 cm³/mol. The zero-order valence-electron chi connectivity index (χ0n) is 12.5. The van der Waals surface area contributed by atoms with Crippen molar-refractivity contribution in [2.24, 2.45) is 0 Å². The second-order valence-corrected chi connectivity index (χ2v) is 5.04. The van der Waals surface area contributed by atoms with Crippen LogP contribution in [0.25, 0.3) is 0 Å². The first-order chi connectivity index (χ1) is 10.2. The van der Waals surface area contributed by atoms with E-state index < -0.39 is 0 Å². The molecule has 1 N–H and O–H groups in total. The molecule has 0 aliphatic heterocycles. The smallest absolute Gasteiger partial charge is 0.218 e. The van der Waals surface area contributed by atoms with Crippen LogP contribution in [-0.2, 0) is 13.0 Å². The molecule has 0 saturated carbocycles. The summed E-state index contributed by atoms with van der Waals surface area (Å²) in [6, 6.07) is 3.84. The number of hydrogen-bond acceptors (Lipinski definition) is 5. The molecule has 0 atom stereocenters. The summed E-state index contributed by atoms with van der Waals surface area (Å²) >= 11 is 6.17. The van der Waals surface area contributed by atoms with Crippen molar-refractivity contribution in [3.05, 3.63) is 40.4 Å². The number of nitrogens with one attached hydrogen (secondary N) is 1. The van der Waals surface area contributed by atoms with Gasteiger partial charge in [0.05, 0.1) is 7.11 Å². The summed E-state index contributed by atoms with van der Waals surface area (Å²) < 4.78 is 5.24. The van der Waals surface area contributed by atoms with E-state index in [1.165, 1.54) is 0 Å². The van der Waals surface area contributed by atoms with Gasteiger partial charge in [-0.1, -0.05) is 24.6 Å². The molecule has 2 aromatic heterocycles. The lowest BCUT2D eigenvalue weighted by molar-refractivity contribution is 0.393. The quantitative estimate of drug-likeness (QED) is 0.829. The summed E-state index contributed by atoms with van der Waals surface area (Å²) in [5.74, 6) is 2.12. The van der Waals surface area contributed by atoms with E-state index in [9.17, 15) is 0 Å². The summed E-state index contributed by atoms with van der Waals surface area (Å²) in [5.41, 5.74) is 1.81. The van der Waals surface area contributed by atoms with Crippen LogP contribution in [0.1, 0.15) is 30.3 Å². The minimum absolute atomic E-state index is 0.495. The highest BCUT2D eigenvalue weighted by Crippen LogP contribution is 2.22. The summed E-state index contributed by atoms with van der Waals surface area (Å²) in [7, 11) is 1.61. The van der Waals surface area contributed by atoms with Gasteiger partial charge in [-0.15, -0.1) is 0 Å². The standard InChI is InChI=1S/C15H19ClN4O/c1-4-6-12-19-13(16)10(2)14(20-12)18-9-11-7-5-8-17-15(11)21-3/h5,7-8H,4,6,9H2,1-3H3,(H,18,19,20). The molecule has 6 heteroatoms. The van der Waals surface area contributed by atoms with E-state index in [1.54, 1.807) is 13.3 Å². The number of pyridine rings is 1. The van der Waals surface area contributed by atoms with Crippen LogP contribution in [0.5, 0.6) is 5.88 Å². The molecule has 0 spiro atoms. The van der Waals surface area contributed by atoms with Crippen LogP contribution in [0.2, 0.25) is 5.15 Å². The Morgan fingerprint density at radius 3 is 2.86 bits per heavy atom. The number of hydrogen-bond donors (Lipinski definition) is 1. The third-order valence-electron chi connectivity index (χ3n) is 3.10. The number of anilines is 1. The van der Waals surface area contributed by atoms with Crippen molar-refractivity contribution in [2.75, 3.05) is 12.4 Å². The van der Waals surface area contributed by atoms with E-state index in [2.05, 4.69) is 27.2 Å². The third-order valence-corrected chi connectivity index (χ3v) is 3.46. The maximum Gasteiger partial charge on any atom is 0.218 e. The molecule has 0 bridgehead atoms. The Labute approximate surface area is 129 Å². The number of halogens is 1. The Bertz CT molecular complexity index is 619. The molecule has 2 rings (SSSR count). The van der Waals surface area contributed by atoms with Gasteiger partial charge in [-0.2, -0.15) is 0 Å². The van der Waals surface area contributed by atoms with Crippen molar-refractivity contribution >= 4 is 17.4 Å². The Morgan fingerprint density at radius 2 is 2.14 bits per heavy atom. The van der Waals surface area contributed by atoms with Crippen molar-refractivity contribution in [3.63, 3.8) is 0 Å². The number of aromatic nitrogens is 3. The van der Waals surface area contributed by atoms with Crippen LogP contribution < -0.4 is 10.1 Å². The lowest BCUT2D eigenvalue weighted by atomic mass is 10.2. The molecule has 0 radical (unpaired) electrons. The van der Waals surface area contributed by atoms with Gasteiger partial charge < -0.3 is 10.1 Å². The fourth-order valence-electron chi connectivity index (χ4n) is 1.96. The van der Waals surface area contributed by atoms with Gasteiger partial charge in [0.15, 0.2) is 0 Å². The second kappa shape index (κ2) is 7.22. The molecule has 0 fully saturated rings. The monoisotopic (exact) mass is 306 g/mol. The van der Waals surface area contributed by atoms with Crippen molar-refractivity contribution in [2.45, 2.75) is 33.2 Å². The van der Waals surface area contributed by atoms with Gasteiger partial charge >= 0.3 is 0 Å². The van der Waals surface area contributed by atoms with Crippen LogP contribution in [0.4, 0.5) is 5.82 Å². The van der Waals surface area contributed by atoms with Crippen molar-refractivity contribution in [3.8, 4) is 5.88 Å². The fourth-order valence-corrected chi connectivity index (χ4v) is 2.15. The van der Waals surface area contributed by atoms with E-state index in [-0.39, 0.29) is 0 Å². The number of methoxy groups -OCH3 is 1. The number of aryl methyl sites for hydroxylation is 1. The lowest BCUT2D eigenvalue weighted by Gasteiger charge is -2.12. The fraction of sp³-hybridized carbons (Fsp3) is 0.400. The zero-order chi connectivity index (χ0) is 15.2. The van der Waals surface area contributed by atoms with Gasteiger partial charge in [-0.3, -0.25) is 0 Å². The molecule has 0 unspecified atom stereocenters. The zero-order valence-corrected chi connectivity index (χ0v) is 13.2. The van der Waals surface area contributed by atoms with Crippen LogP contribution in [0, 0.1) is 6.92 Å². The van der Waals surface area contributed by atoms with Crippen molar-refractivity contribution in [1.82, 2.24) is 15.0 Å². The lowest BCUT2D eigenvalue weighted by Crippen LogP contribution is -2.08. The van der Waals surface area contributed by atoms with Gasteiger partial charge in [0, 0.05) is 30.3 Å². The Kier molecular flexibility index (Phi) is 5.33. The van der Waals surface area contributed by atoms with Crippen LogP contribution in [-0.4, -0.2) is 22.1 Å². The average molecular weight is 307 g/mol. The molecule has 112 valence electrons. The third kappa shape index (κ3) is 3.82. The van der Waals surface area contributed by atoms with E-state index in [0.717, 1.165) is 35.6 Å². The molecular formula is C15H19ClN4O. The van der Waals surface area contributed by atoms with Gasteiger partial charge in [-0.05, 0) is 19.4 Å². The SMILES string of the molecule is CCCc1nc(Cl)c(C)c(NCc2cccnc2OC)n1. The largest absolute Gasteiger partial charge is 0.481 e. The molecule has 5 nitrogen and oxygen atoms in total. The first kappa shape index (κ1) is 15.5. The normalized spacial score (nSPS) is 10.5. The van der Waals surface area contributed by atoms with E-state index in [1.807, 2.05) is 19.1 Å². The van der Waals surface area contributed by atoms with Crippen LogP contribution in [0.3, 0.4) is 0 Å². The van der Waals surface area contributed by atoms with Crippen LogP contribution in [0.15, 0.2) is 18.3 Å². The van der Waals surface area contributed by atoms with Gasteiger partial charge in [-0.25, -0.2) is 15.0 Å². The molecule has 0 saturated heterocycles. The topological polar surface area (TPSA) is 59.9 Å². The number of ether oxygens (including phenoxy) is 1. The molecule has 21 heavy (non-hydrogen) atoms. The summed E-state index contributed by atoms with van der Waals surface area (Å²) in [6.45, 7) is 4.56. The van der Waals surface area contributed by atoms with Crippen molar-refractivity contribution < 1.29 is 4.74 Å². The Hall–Kier alpha value is -1.88. The minimum atomic E-state index is 0.495. The number of rotatable bonds is 6. The summed E-state index contributed by atoms with van der Waals surface area (Å²) in [6.07, 6.45) is 3.49. The highest BCUT2D eigenvalue weighted by Gasteiger charge is 2.10. The van der Waals surface area contributed by atoms with Crippen molar-refractivity contribution in [1.29, 1.82) is 0 Å². The molecule has 0 aliphatic rings. The summed E-state index contributed by atoms with van der Waals surface area (Å²) in [4.78, 5) is 13.0. The maximum absolute atomic E-state index is 6.17. The summed E-state index contributed by atoms with van der Waals surface area (Å²) in [5, 5.41) is 3.78. The second-order valence-electron chi connectivity index (χ2n) is 4.68. The van der Waals surface area contributed by atoms with Gasteiger partial charge in [0.25, 0.3) is 0 Å². The highest BCUT2D eigenvalue weighted by atomic mass is 35.5. The predicted octanol–water partition coefficient (Wildman–Crippen LogP) is 3.41. The molecule has 0 amide bonds. The Balaban J connectivity index is 2.19. The van der Waals surface area contributed by atoms with Gasteiger partial charge in [0.2, 0.25) is 5.88 Å². The molecule has 0 aliphatic carbocycles. The van der Waals surface area contributed by atoms with E-state index in [0.29, 0.717) is 17.6 Å².